The normalized spacial score (nSPS) is 12.9. The van der Waals surface area contributed by atoms with E-state index in [1.807, 2.05) is 19.2 Å². The smallest absolute Gasteiger partial charge is 0.169 e. The van der Waals surface area contributed by atoms with Gasteiger partial charge in [-0.1, -0.05) is 18.2 Å². The Balaban J connectivity index is 1.70. The molecule has 0 bridgehead atoms. The second-order valence-electron chi connectivity index (χ2n) is 5.12. The van der Waals surface area contributed by atoms with E-state index < -0.39 is 0 Å². The first kappa shape index (κ1) is 14.3. The summed E-state index contributed by atoms with van der Waals surface area (Å²) in [4.78, 5) is 1.40. The number of nitrogens with one attached hydrogen (secondary N) is 1. The highest BCUT2D eigenvalue weighted by atomic mass is 32.1. The molecule has 0 fully saturated rings. The van der Waals surface area contributed by atoms with Crippen LogP contribution in [0.25, 0.3) is 11.0 Å². The fourth-order valence-corrected chi connectivity index (χ4v) is 3.33. The van der Waals surface area contributed by atoms with E-state index >= 15 is 0 Å². The van der Waals surface area contributed by atoms with Crippen LogP contribution < -0.4 is 5.32 Å². The van der Waals surface area contributed by atoms with E-state index in [-0.39, 0.29) is 11.9 Å². The maximum Gasteiger partial charge on any atom is 0.169 e. The molecule has 0 saturated heterocycles. The minimum absolute atomic E-state index is 0.122. The molecule has 1 N–H and O–H groups in total. The van der Waals surface area contributed by atoms with Crippen LogP contribution in [0, 0.1) is 5.82 Å². The maximum absolute atomic E-state index is 13.7. The molecule has 1 unspecified atom stereocenters. The van der Waals surface area contributed by atoms with Crippen molar-refractivity contribution in [3.8, 4) is 0 Å². The fraction of sp³-hybridized carbons (Fsp3) is 0.294. The van der Waals surface area contributed by atoms with Gasteiger partial charge in [-0.25, -0.2) is 4.39 Å². The lowest BCUT2D eigenvalue weighted by molar-refractivity contribution is 0.419. The van der Waals surface area contributed by atoms with E-state index in [0.717, 1.165) is 30.4 Å². The van der Waals surface area contributed by atoms with Crippen LogP contribution in [0.3, 0.4) is 0 Å². The fourth-order valence-electron chi connectivity index (χ4n) is 2.58. The van der Waals surface area contributed by atoms with Gasteiger partial charge >= 0.3 is 0 Å². The van der Waals surface area contributed by atoms with Crippen LogP contribution in [0.2, 0.25) is 0 Å². The van der Waals surface area contributed by atoms with Crippen molar-refractivity contribution in [2.24, 2.45) is 0 Å². The van der Waals surface area contributed by atoms with Gasteiger partial charge in [0.25, 0.3) is 0 Å². The summed E-state index contributed by atoms with van der Waals surface area (Å²) >= 11 is 1.79. The lowest BCUT2D eigenvalue weighted by Crippen LogP contribution is -2.15. The molecular formula is C17H18FNOS. The van der Waals surface area contributed by atoms with Crippen LogP contribution in [0.4, 0.5) is 4.39 Å². The average Bonchev–Trinajstić information content (AvgIpc) is 3.13. The number of hydrogen-bond acceptors (Lipinski definition) is 3. The Morgan fingerprint density at radius 2 is 2.19 bits per heavy atom. The predicted molar refractivity (Wildman–Crippen MR) is 85.2 cm³/mol. The van der Waals surface area contributed by atoms with Gasteiger partial charge in [-0.2, -0.15) is 0 Å². The number of para-hydroxylation sites is 1. The number of thiophene rings is 1. The summed E-state index contributed by atoms with van der Waals surface area (Å²) in [6.45, 7) is 0. The summed E-state index contributed by atoms with van der Waals surface area (Å²) in [5.74, 6) is 0.510. The van der Waals surface area contributed by atoms with Gasteiger partial charge in [0.15, 0.2) is 11.4 Å². The minimum Gasteiger partial charge on any atom is -0.456 e. The molecule has 2 aromatic heterocycles. The quantitative estimate of drug-likeness (QED) is 0.699. The van der Waals surface area contributed by atoms with E-state index in [1.54, 1.807) is 17.4 Å². The van der Waals surface area contributed by atoms with E-state index in [1.165, 1.54) is 10.9 Å². The predicted octanol–water partition coefficient (Wildman–Crippen LogP) is 4.92. The van der Waals surface area contributed by atoms with Gasteiger partial charge in [0.05, 0.1) is 6.04 Å². The standard InChI is InChI=1S/C17H18FNOS/c1-19-15(9-3-6-13-7-4-10-21-13)16-11-12-5-2-8-14(18)17(12)20-16/h2,4-5,7-8,10-11,15,19H,3,6,9H2,1H3. The van der Waals surface area contributed by atoms with Gasteiger partial charge in [0.2, 0.25) is 0 Å². The van der Waals surface area contributed by atoms with Gasteiger partial charge in [-0.15, -0.1) is 11.3 Å². The molecule has 110 valence electrons. The summed E-state index contributed by atoms with van der Waals surface area (Å²) in [6, 6.07) is 11.3. The zero-order valence-corrected chi connectivity index (χ0v) is 12.8. The third kappa shape index (κ3) is 3.17. The van der Waals surface area contributed by atoms with Crippen molar-refractivity contribution in [3.63, 3.8) is 0 Å². The molecule has 0 spiro atoms. The zero-order valence-electron chi connectivity index (χ0n) is 11.9. The molecule has 1 atom stereocenters. The zero-order chi connectivity index (χ0) is 14.7. The molecule has 21 heavy (non-hydrogen) atoms. The maximum atomic E-state index is 13.7. The highest BCUT2D eigenvalue weighted by Crippen LogP contribution is 2.28. The second kappa shape index (κ2) is 6.41. The number of hydrogen-bond donors (Lipinski definition) is 1. The SMILES string of the molecule is CNC(CCCc1cccs1)c1cc2cccc(F)c2o1. The van der Waals surface area contributed by atoms with Crippen molar-refractivity contribution in [2.45, 2.75) is 25.3 Å². The first-order chi connectivity index (χ1) is 10.3. The average molecular weight is 303 g/mol. The van der Waals surface area contributed by atoms with Crippen LogP contribution in [0.1, 0.15) is 29.5 Å². The topological polar surface area (TPSA) is 25.2 Å². The highest BCUT2D eigenvalue weighted by Gasteiger charge is 2.16. The van der Waals surface area contributed by atoms with Crippen molar-refractivity contribution < 1.29 is 8.81 Å². The number of furan rings is 1. The van der Waals surface area contributed by atoms with Crippen LogP contribution in [0.5, 0.6) is 0 Å². The summed E-state index contributed by atoms with van der Waals surface area (Å²) in [5, 5.41) is 6.19. The second-order valence-corrected chi connectivity index (χ2v) is 6.15. The Hall–Kier alpha value is -1.65. The van der Waals surface area contributed by atoms with Crippen LogP contribution >= 0.6 is 11.3 Å². The molecule has 2 nitrogen and oxygen atoms in total. The third-order valence-electron chi connectivity index (χ3n) is 3.70. The molecular weight excluding hydrogens is 285 g/mol. The molecule has 0 aliphatic carbocycles. The van der Waals surface area contributed by atoms with E-state index in [0.29, 0.717) is 5.58 Å². The molecule has 4 heteroatoms. The number of fused-ring (bicyclic) bond motifs is 1. The minimum atomic E-state index is -0.299. The Kier molecular flexibility index (Phi) is 4.36. The van der Waals surface area contributed by atoms with Crippen molar-refractivity contribution in [3.05, 3.63) is 58.2 Å². The largest absolute Gasteiger partial charge is 0.456 e. The van der Waals surface area contributed by atoms with Crippen LogP contribution in [0.15, 0.2) is 46.2 Å². The van der Waals surface area contributed by atoms with Crippen LogP contribution in [-0.4, -0.2) is 7.05 Å². The number of rotatable bonds is 6. The van der Waals surface area contributed by atoms with Crippen molar-refractivity contribution in [2.75, 3.05) is 7.05 Å². The van der Waals surface area contributed by atoms with Gasteiger partial charge in [0, 0.05) is 10.3 Å². The molecule has 3 rings (SSSR count). The number of aryl methyl sites for hydroxylation is 1. The Morgan fingerprint density at radius 1 is 1.29 bits per heavy atom. The van der Waals surface area contributed by atoms with Gasteiger partial charge in [-0.05, 0) is 49.9 Å². The lowest BCUT2D eigenvalue weighted by Gasteiger charge is -2.12. The molecule has 0 aliphatic rings. The molecule has 0 aliphatic heterocycles. The van der Waals surface area contributed by atoms with E-state index in [2.05, 4.69) is 22.8 Å². The van der Waals surface area contributed by atoms with Crippen molar-refractivity contribution >= 4 is 22.3 Å². The Bertz CT molecular complexity index is 705. The molecule has 0 amide bonds. The number of halogens is 1. The van der Waals surface area contributed by atoms with Gasteiger partial charge in [-0.3, -0.25) is 0 Å². The summed E-state index contributed by atoms with van der Waals surface area (Å²) in [7, 11) is 1.92. The summed E-state index contributed by atoms with van der Waals surface area (Å²) < 4.78 is 19.4. The number of benzene rings is 1. The van der Waals surface area contributed by atoms with Crippen molar-refractivity contribution in [1.29, 1.82) is 0 Å². The molecule has 0 radical (unpaired) electrons. The Morgan fingerprint density at radius 3 is 2.90 bits per heavy atom. The first-order valence-corrected chi connectivity index (χ1v) is 8.03. The highest BCUT2D eigenvalue weighted by molar-refractivity contribution is 7.09. The lowest BCUT2D eigenvalue weighted by atomic mass is 10.1. The van der Waals surface area contributed by atoms with Gasteiger partial charge in [0.1, 0.15) is 5.76 Å². The molecule has 0 saturated carbocycles. The Labute approximate surface area is 127 Å². The van der Waals surface area contributed by atoms with Gasteiger partial charge < -0.3 is 9.73 Å². The van der Waals surface area contributed by atoms with Crippen molar-refractivity contribution in [1.82, 2.24) is 5.32 Å². The summed E-state index contributed by atoms with van der Waals surface area (Å²) in [6.07, 6.45) is 3.12. The monoisotopic (exact) mass is 303 g/mol. The van der Waals surface area contributed by atoms with E-state index in [9.17, 15) is 4.39 Å². The van der Waals surface area contributed by atoms with E-state index in [4.69, 9.17) is 4.42 Å². The molecule has 1 aromatic carbocycles. The van der Waals surface area contributed by atoms with Crippen LogP contribution in [-0.2, 0) is 6.42 Å². The third-order valence-corrected chi connectivity index (χ3v) is 4.64. The first-order valence-electron chi connectivity index (χ1n) is 7.15. The summed E-state index contributed by atoms with van der Waals surface area (Å²) in [5.41, 5.74) is 0.353. The molecule has 2 heterocycles. The molecule has 3 aromatic rings.